The molecule has 0 aromatic heterocycles. The van der Waals surface area contributed by atoms with E-state index < -0.39 is 0 Å². The Balaban J connectivity index is 4.25. The summed E-state index contributed by atoms with van der Waals surface area (Å²) < 4.78 is 0.348. The minimum absolute atomic E-state index is 0.0672. The van der Waals surface area contributed by atoms with Crippen molar-refractivity contribution in [1.29, 1.82) is 0 Å². The summed E-state index contributed by atoms with van der Waals surface area (Å²) in [6.45, 7) is 0. The Labute approximate surface area is 81.5 Å². The van der Waals surface area contributed by atoms with Gasteiger partial charge >= 0.3 is 0 Å². The fraction of sp³-hybridized carbons (Fsp3) is 0. The van der Waals surface area contributed by atoms with E-state index in [2.05, 4.69) is 15.9 Å². The molecule has 0 radical (unpaired) electrons. The molecule has 0 aromatic rings. The van der Waals surface area contributed by atoms with Crippen LogP contribution in [0.5, 0.6) is 0 Å². The quantitative estimate of drug-likeness (QED) is 0.622. The maximum absolute atomic E-state index is 5.47. The highest BCUT2D eigenvalue weighted by atomic mass is 79.9. The Morgan fingerprint density at radius 3 is 1.67 bits per heavy atom. The molecular formula is C4HBrCl4. The van der Waals surface area contributed by atoms with Gasteiger partial charge in [-0.3, -0.25) is 0 Å². The second-order valence-corrected chi connectivity index (χ2v) is 4.08. The van der Waals surface area contributed by atoms with Crippen LogP contribution < -0.4 is 0 Å². The van der Waals surface area contributed by atoms with Gasteiger partial charge in [-0.25, -0.2) is 0 Å². The second kappa shape index (κ2) is 4.86. The number of halogens is 5. The maximum atomic E-state index is 5.47. The van der Waals surface area contributed by atoms with Gasteiger partial charge in [0.1, 0.15) is 8.43 Å². The van der Waals surface area contributed by atoms with Crippen molar-refractivity contribution >= 4 is 62.3 Å². The van der Waals surface area contributed by atoms with Crippen molar-refractivity contribution in [2.24, 2.45) is 0 Å². The van der Waals surface area contributed by atoms with Gasteiger partial charge in [0.25, 0.3) is 0 Å². The lowest BCUT2D eigenvalue weighted by molar-refractivity contribution is 1.94. The number of rotatable bonds is 1. The van der Waals surface area contributed by atoms with E-state index in [0.717, 1.165) is 0 Å². The van der Waals surface area contributed by atoms with Crippen LogP contribution in [-0.2, 0) is 0 Å². The first-order valence-corrected chi connectivity index (χ1v) is 4.08. The Morgan fingerprint density at radius 1 is 1.11 bits per heavy atom. The highest BCUT2D eigenvalue weighted by Gasteiger charge is 1.93. The minimum atomic E-state index is 0.0672. The molecule has 9 heavy (non-hydrogen) atoms. The Bertz CT molecular complexity index is 152. The van der Waals surface area contributed by atoms with Crippen molar-refractivity contribution in [1.82, 2.24) is 0 Å². The summed E-state index contributed by atoms with van der Waals surface area (Å²) in [5, 5.41) is 0.275. The van der Waals surface area contributed by atoms with Gasteiger partial charge in [-0.2, -0.15) is 0 Å². The van der Waals surface area contributed by atoms with Gasteiger partial charge < -0.3 is 0 Å². The van der Waals surface area contributed by atoms with Crippen molar-refractivity contribution in [3.8, 4) is 0 Å². The molecule has 0 aliphatic rings. The second-order valence-electron chi connectivity index (χ2n) is 1.04. The van der Waals surface area contributed by atoms with Crippen LogP contribution in [0.1, 0.15) is 0 Å². The zero-order chi connectivity index (χ0) is 7.44. The summed E-state index contributed by atoms with van der Waals surface area (Å²) in [6.07, 6.45) is 1.32. The third kappa shape index (κ3) is 5.56. The van der Waals surface area contributed by atoms with Gasteiger partial charge in [0.05, 0.1) is 5.03 Å². The topological polar surface area (TPSA) is 0 Å². The summed E-state index contributed by atoms with van der Waals surface area (Å²) in [5.41, 5.74) is 0. The lowest BCUT2D eigenvalue weighted by Gasteiger charge is -1.86. The summed E-state index contributed by atoms with van der Waals surface area (Å²) in [7, 11) is 0. The van der Waals surface area contributed by atoms with Crippen molar-refractivity contribution in [2.45, 2.75) is 0 Å². The first kappa shape index (κ1) is 10.1. The Morgan fingerprint density at radius 2 is 1.56 bits per heavy atom. The van der Waals surface area contributed by atoms with E-state index in [0.29, 0.717) is 0 Å². The third-order valence-electron chi connectivity index (χ3n) is 0.416. The van der Waals surface area contributed by atoms with Gasteiger partial charge in [-0.1, -0.05) is 46.4 Å². The van der Waals surface area contributed by atoms with Crippen LogP contribution in [0.4, 0.5) is 0 Å². The molecule has 0 spiro atoms. The molecule has 52 valence electrons. The minimum Gasteiger partial charge on any atom is -0.0820 e. The van der Waals surface area contributed by atoms with Gasteiger partial charge in [0.15, 0.2) is 0 Å². The van der Waals surface area contributed by atoms with E-state index in [9.17, 15) is 0 Å². The molecular weight excluding hydrogens is 270 g/mol. The average molecular weight is 271 g/mol. The zero-order valence-corrected chi connectivity index (χ0v) is 8.58. The molecule has 0 aliphatic carbocycles. The number of hydrogen-bond acceptors (Lipinski definition) is 0. The van der Waals surface area contributed by atoms with Gasteiger partial charge in [0, 0.05) is 0 Å². The lowest BCUT2D eigenvalue weighted by Crippen LogP contribution is -1.62. The van der Waals surface area contributed by atoms with Crippen LogP contribution in [0.25, 0.3) is 0 Å². The predicted octanol–water partition coefficient (Wildman–Crippen LogP) is 4.35. The zero-order valence-electron chi connectivity index (χ0n) is 3.97. The van der Waals surface area contributed by atoms with Crippen molar-refractivity contribution in [3.05, 3.63) is 19.5 Å². The standard InChI is InChI=1S/C4HBrCl4/c5-4(9)2(6)1-3(7)8/h1H/b4-2-. The number of allylic oxidation sites excluding steroid dienone is 2. The van der Waals surface area contributed by atoms with Crippen LogP contribution in [0, 0.1) is 0 Å². The molecule has 0 N–H and O–H groups in total. The molecule has 0 heterocycles. The van der Waals surface area contributed by atoms with E-state index in [1.807, 2.05) is 0 Å². The molecule has 0 amide bonds. The van der Waals surface area contributed by atoms with Crippen LogP contribution in [0.15, 0.2) is 19.5 Å². The Hall–Kier alpha value is 1.12. The SMILES string of the molecule is ClC(Cl)=C/C(Cl)=C(/Cl)Br. The summed E-state index contributed by atoms with van der Waals surface area (Å²) in [5.74, 6) is 0. The van der Waals surface area contributed by atoms with Gasteiger partial charge in [-0.15, -0.1) is 0 Å². The molecule has 0 unspecified atom stereocenters. The van der Waals surface area contributed by atoms with Crippen molar-refractivity contribution in [2.75, 3.05) is 0 Å². The normalized spacial score (nSPS) is 12.6. The van der Waals surface area contributed by atoms with Crippen molar-refractivity contribution < 1.29 is 0 Å². The highest BCUT2D eigenvalue weighted by molar-refractivity contribution is 9.12. The van der Waals surface area contributed by atoms with Crippen molar-refractivity contribution in [3.63, 3.8) is 0 Å². The van der Waals surface area contributed by atoms with Crippen LogP contribution >= 0.6 is 62.3 Å². The summed E-state index contributed by atoms with van der Waals surface area (Å²) in [6, 6.07) is 0. The summed E-state index contributed by atoms with van der Waals surface area (Å²) >= 11 is 24.3. The fourth-order valence-corrected chi connectivity index (χ4v) is 0.758. The Kier molecular flexibility index (Phi) is 5.47. The molecule has 0 bridgehead atoms. The molecule has 0 saturated carbocycles. The van der Waals surface area contributed by atoms with Crippen LogP contribution in [-0.4, -0.2) is 0 Å². The molecule has 0 fully saturated rings. The molecule has 5 heteroatoms. The summed E-state index contributed by atoms with van der Waals surface area (Å²) in [4.78, 5) is 0. The number of hydrogen-bond donors (Lipinski definition) is 0. The monoisotopic (exact) mass is 268 g/mol. The molecule has 0 atom stereocenters. The third-order valence-corrected chi connectivity index (χ3v) is 1.89. The molecule has 0 saturated heterocycles. The van der Waals surface area contributed by atoms with E-state index in [-0.39, 0.29) is 13.5 Å². The predicted molar refractivity (Wildman–Crippen MR) is 47.4 cm³/mol. The smallest absolute Gasteiger partial charge is 0.0820 e. The van der Waals surface area contributed by atoms with Gasteiger partial charge in [0.2, 0.25) is 0 Å². The van der Waals surface area contributed by atoms with E-state index in [1.165, 1.54) is 6.08 Å². The fourth-order valence-electron chi connectivity index (χ4n) is 0.150. The molecule has 0 rings (SSSR count). The average Bonchev–Trinajstić information content (AvgIpc) is 1.63. The highest BCUT2D eigenvalue weighted by Crippen LogP contribution is 2.23. The first-order chi connectivity index (χ1) is 4.04. The van der Waals surface area contributed by atoms with E-state index in [1.54, 1.807) is 0 Å². The van der Waals surface area contributed by atoms with Crippen LogP contribution in [0.3, 0.4) is 0 Å². The van der Waals surface area contributed by atoms with E-state index in [4.69, 9.17) is 46.4 Å². The maximum Gasteiger partial charge on any atom is 0.108 e. The lowest BCUT2D eigenvalue weighted by atomic mass is 10.6. The van der Waals surface area contributed by atoms with Gasteiger partial charge in [-0.05, 0) is 22.0 Å². The first-order valence-electron chi connectivity index (χ1n) is 1.77. The van der Waals surface area contributed by atoms with E-state index >= 15 is 0 Å². The molecule has 0 aliphatic heterocycles. The van der Waals surface area contributed by atoms with Crippen LogP contribution in [0.2, 0.25) is 0 Å². The largest absolute Gasteiger partial charge is 0.108 e. The molecule has 0 aromatic carbocycles. The molecule has 0 nitrogen and oxygen atoms in total.